The average molecular weight is 420 g/mol. The van der Waals surface area contributed by atoms with Gasteiger partial charge in [0.1, 0.15) is 0 Å². The molecule has 0 bridgehead atoms. The summed E-state index contributed by atoms with van der Waals surface area (Å²) in [6.07, 6.45) is 7.76. The lowest BCUT2D eigenvalue weighted by Crippen LogP contribution is -3.00. The molecular formula is C12H22Br3N. The Kier molecular flexibility index (Phi) is 24.3. The van der Waals surface area contributed by atoms with Crippen LogP contribution >= 0.6 is 34.0 Å². The highest BCUT2D eigenvalue weighted by Crippen LogP contribution is 2.07. The van der Waals surface area contributed by atoms with Gasteiger partial charge in [0.15, 0.2) is 0 Å². The zero-order chi connectivity index (χ0) is 10.2. The van der Waals surface area contributed by atoms with Crippen molar-refractivity contribution < 1.29 is 21.5 Å². The molecule has 0 rings (SSSR count). The lowest BCUT2D eigenvalue weighted by Gasteiger charge is -2.35. The molecular weight excluding hydrogens is 398 g/mol. The molecule has 4 heteroatoms. The predicted octanol–water partition coefficient (Wildman–Crippen LogP) is 0.707. The second kappa shape index (κ2) is 15.4. The van der Waals surface area contributed by atoms with Gasteiger partial charge in [-0.25, -0.2) is 0 Å². The Balaban J connectivity index is -0.000000240. The highest BCUT2D eigenvalue weighted by molar-refractivity contribution is 8.93. The molecule has 96 valence electrons. The van der Waals surface area contributed by atoms with Gasteiger partial charge in [0.05, 0.1) is 26.2 Å². The van der Waals surface area contributed by atoms with Gasteiger partial charge < -0.3 is 21.5 Å². The van der Waals surface area contributed by atoms with Crippen molar-refractivity contribution in [2.24, 2.45) is 0 Å². The molecule has 1 nitrogen and oxygen atoms in total. The van der Waals surface area contributed by atoms with Crippen molar-refractivity contribution in [1.82, 2.24) is 0 Å². The van der Waals surface area contributed by atoms with Gasteiger partial charge in [0, 0.05) is 0 Å². The van der Waals surface area contributed by atoms with E-state index in [4.69, 9.17) is 0 Å². The van der Waals surface area contributed by atoms with Crippen LogP contribution in [0.15, 0.2) is 50.6 Å². The van der Waals surface area contributed by atoms with Crippen LogP contribution in [0.3, 0.4) is 0 Å². The number of hydrogen-bond acceptors (Lipinski definition) is 0. The van der Waals surface area contributed by atoms with Crippen molar-refractivity contribution in [3.8, 4) is 0 Å². The first-order valence-electron chi connectivity index (χ1n) is 4.53. The zero-order valence-electron chi connectivity index (χ0n) is 9.61. The molecule has 0 aliphatic heterocycles. The van der Waals surface area contributed by atoms with Crippen LogP contribution in [0.1, 0.15) is 0 Å². The Morgan fingerprint density at radius 2 is 0.812 bits per heavy atom. The van der Waals surface area contributed by atoms with Crippen molar-refractivity contribution in [1.29, 1.82) is 0 Å². The fourth-order valence-electron chi connectivity index (χ4n) is 1.54. The van der Waals surface area contributed by atoms with Gasteiger partial charge in [0.2, 0.25) is 0 Å². The Hall–Kier alpha value is 0.360. The van der Waals surface area contributed by atoms with Crippen LogP contribution < -0.4 is 17.0 Å². The first kappa shape index (κ1) is 25.3. The average Bonchev–Trinajstić information content (AvgIpc) is 2.06. The van der Waals surface area contributed by atoms with E-state index in [1.807, 2.05) is 24.3 Å². The minimum absolute atomic E-state index is 0. The molecule has 0 saturated heterocycles. The Morgan fingerprint density at radius 1 is 0.625 bits per heavy atom. The van der Waals surface area contributed by atoms with E-state index in [1.54, 1.807) is 0 Å². The number of quaternary nitrogens is 1. The standard InChI is InChI=1S/C12H20N.3BrH/c1-5-9-13(10-6-2,11-7-3)12-8-4;;;/h5-8H,1-4,9-12H2;3*1H/q+1;;;/p-1. The van der Waals surface area contributed by atoms with Crippen molar-refractivity contribution in [2.75, 3.05) is 26.2 Å². The van der Waals surface area contributed by atoms with Gasteiger partial charge in [-0.2, -0.15) is 0 Å². The predicted molar refractivity (Wildman–Crippen MR) is 81.2 cm³/mol. The summed E-state index contributed by atoms with van der Waals surface area (Å²) in [6, 6.07) is 0. The third-order valence-corrected chi connectivity index (χ3v) is 2.07. The highest BCUT2D eigenvalue weighted by Gasteiger charge is 2.20. The smallest absolute Gasteiger partial charge is 0.0978 e. The number of hydrogen-bond donors (Lipinski definition) is 0. The minimum Gasteiger partial charge on any atom is -1.00 e. The van der Waals surface area contributed by atoms with Crippen LogP contribution in [-0.2, 0) is 0 Å². The molecule has 0 aliphatic carbocycles. The first-order valence-corrected chi connectivity index (χ1v) is 4.53. The summed E-state index contributed by atoms with van der Waals surface area (Å²) >= 11 is 0. The van der Waals surface area contributed by atoms with Gasteiger partial charge in [0.25, 0.3) is 0 Å². The van der Waals surface area contributed by atoms with Crippen LogP contribution in [-0.4, -0.2) is 30.7 Å². The molecule has 0 aromatic heterocycles. The van der Waals surface area contributed by atoms with Crippen molar-refractivity contribution >= 4 is 34.0 Å². The Bertz CT molecular complexity index is 157. The van der Waals surface area contributed by atoms with Crippen molar-refractivity contribution in [3.63, 3.8) is 0 Å². The summed E-state index contributed by atoms with van der Waals surface area (Å²) in [5.41, 5.74) is 0. The summed E-state index contributed by atoms with van der Waals surface area (Å²) in [5.74, 6) is 0. The SMILES string of the molecule is Br.Br.C=CC[N+](CC=C)(CC=C)CC=C.[Br-]. The highest BCUT2D eigenvalue weighted by atomic mass is 79.9. The van der Waals surface area contributed by atoms with E-state index in [-0.39, 0.29) is 50.9 Å². The molecule has 0 N–H and O–H groups in total. The third kappa shape index (κ3) is 9.58. The Labute approximate surface area is 132 Å². The third-order valence-electron chi connectivity index (χ3n) is 2.07. The van der Waals surface area contributed by atoms with Gasteiger partial charge in [-0.3, -0.25) is 0 Å². The van der Waals surface area contributed by atoms with Gasteiger partial charge >= 0.3 is 0 Å². The quantitative estimate of drug-likeness (QED) is 0.401. The summed E-state index contributed by atoms with van der Waals surface area (Å²) in [6.45, 7) is 18.8. The molecule has 0 aromatic rings. The van der Waals surface area contributed by atoms with E-state index in [0.717, 1.165) is 30.7 Å². The van der Waals surface area contributed by atoms with Gasteiger partial charge in [-0.1, -0.05) is 26.3 Å². The lowest BCUT2D eigenvalue weighted by molar-refractivity contribution is -0.906. The molecule has 0 unspecified atom stereocenters. The maximum Gasteiger partial charge on any atom is 0.0978 e. The molecule has 16 heavy (non-hydrogen) atoms. The van der Waals surface area contributed by atoms with Crippen molar-refractivity contribution in [3.05, 3.63) is 50.6 Å². The zero-order valence-corrected chi connectivity index (χ0v) is 14.6. The maximum atomic E-state index is 3.77. The summed E-state index contributed by atoms with van der Waals surface area (Å²) < 4.78 is 0.903. The van der Waals surface area contributed by atoms with Crippen LogP contribution in [0.5, 0.6) is 0 Å². The van der Waals surface area contributed by atoms with E-state index in [0.29, 0.717) is 0 Å². The van der Waals surface area contributed by atoms with E-state index >= 15 is 0 Å². The summed E-state index contributed by atoms with van der Waals surface area (Å²) in [4.78, 5) is 0. The molecule has 0 radical (unpaired) electrons. The van der Waals surface area contributed by atoms with Crippen LogP contribution in [0.2, 0.25) is 0 Å². The van der Waals surface area contributed by atoms with E-state index < -0.39 is 0 Å². The summed E-state index contributed by atoms with van der Waals surface area (Å²) in [7, 11) is 0. The molecule has 0 atom stereocenters. The van der Waals surface area contributed by atoms with Crippen LogP contribution in [0, 0.1) is 0 Å². The maximum absolute atomic E-state index is 3.77. The van der Waals surface area contributed by atoms with Crippen molar-refractivity contribution in [2.45, 2.75) is 0 Å². The fourth-order valence-corrected chi connectivity index (χ4v) is 1.54. The molecule has 0 aromatic carbocycles. The van der Waals surface area contributed by atoms with E-state index in [9.17, 15) is 0 Å². The van der Waals surface area contributed by atoms with Gasteiger partial charge in [-0.05, 0) is 24.3 Å². The molecule has 0 fully saturated rings. The molecule has 0 saturated carbocycles. The second-order valence-electron chi connectivity index (χ2n) is 3.23. The largest absolute Gasteiger partial charge is 1.00 e. The number of rotatable bonds is 8. The molecule has 0 spiro atoms. The van der Waals surface area contributed by atoms with E-state index in [2.05, 4.69) is 26.3 Å². The van der Waals surface area contributed by atoms with Crippen LogP contribution in [0.25, 0.3) is 0 Å². The molecule has 0 heterocycles. The molecule has 0 aliphatic rings. The van der Waals surface area contributed by atoms with E-state index in [1.165, 1.54) is 0 Å². The normalized spacial score (nSPS) is 8.50. The topological polar surface area (TPSA) is 0 Å². The van der Waals surface area contributed by atoms with Crippen LogP contribution in [0.4, 0.5) is 0 Å². The number of nitrogens with zero attached hydrogens (tertiary/aromatic N) is 1. The molecule has 0 amide bonds. The number of halogens is 3. The summed E-state index contributed by atoms with van der Waals surface area (Å²) in [5, 5.41) is 0. The first-order chi connectivity index (χ1) is 6.24. The monoisotopic (exact) mass is 417 g/mol. The van der Waals surface area contributed by atoms with Gasteiger partial charge in [-0.15, -0.1) is 34.0 Å². The lowest BCUT2D eigenvalue weighted by atomic mass is 10.3. The fraction of sp³-hybridized carbons (Fsp3) is 0.333. The Morgan fingerprint density at radius 3 is 0.938 bits per heavy atom. The second-order valence-corrected chi connectivity index (χ2v) is 3.23. The minimum atomic E-state index is 0.